The van der Waals surface area contributed by atoms with Crippen molar-refractivity contribution in [3.63, 3.8) is 0 Å². The van der Waals surface area contributed by atoms with Gasteiger partial charge in [-0.05, 0) is 49.7 Å². The van der Waals surface area contributed by atoms with Gasteiger partial charge < -0.3 is 0 Å². The summed E-state index contributed by atoms with van der Waals surface area (Å²) >= 11 is 0. The Hall–Kier alpha value is -3.89. The fourth-order valence-corrected chi connectivity index (χ4v) is 4.74. The molecule has 0 aliphatic heterocycles. The number of aryl methyl sites for hydroxylation is 1. The largest absolute Gasteiger partial charge is 0.404 e. The molecule has 0 fully saturated rings. The predicted molar refractivity (Wildman–Crippen MR) is 120 cm³/mol. The van der Waals surface area contributed by atoms with Gasteiger partial charge in [0.25, 0.3) is 0 Å². The van der Waals surface area contributed by atoms with E-state index in [1.165, 1.54) is 15.5 Å². The van der Waals surface area contributed by atoms with Crippen molar-refractivity contribution >= 4 is 21.1 Å². The first kappa shape index (κ1) is 25.2. The number of hydrogen-bond donors (Lipinski definition) is 1. The Morgan fingerprint density at radius 1 is 1.08 bits per heavy atom. The lowest BCUT2D eigenvalue weighted by atomic mass is 10.1. The van der Waals surface area contributed by atoms with Crippen molar-refractivity contribution in [1.29, 1.82) is 5.26 Å². The summed E-state index contributed by atoms with van der Waals surface area (Å²) in [5, 5.41) is 10.2. The summed E-state index contributed by atoms with van der Waals surface area (Å²) in [5.41, 5.74) is 0.519. The molecule has 1 atom stereocenters. The molecule has 0 radical (unpaired) electrons. The Morgan fingerprint density at radius 3 is 2.42 bits per heavy atom. The summed E-state index contributed by atoms with van der Waals surface area (Å²) < 4.78 is 94.8. The Bertz CT molecular complexity index is 1620. The Morgan fingerprint density at radius 2 is 1.81 bits per heavy atom. The maximum atomic E-state index is 14.8. The smallest absolute Gasteiger partial charge is 0.288 e. The van der Waals surface area contributed by atoms with Crippen LogP contribution in [0.4, 0.5) is 22.0 Å². The number of nitrogens with zero attached hydrogens (tertiary/aromatic N) is 4. The molecule has 1 aromatic carbocycles. The van der Waals surface area contributed by atoms with Crippen molar-refractivity contribution in [2.75, 3.05) is 0 Å². The van der Waals surface area contributed by atoms with Crippen molar-refractivity contribution in [2.45, 2.75) is 31.0 Å². The molecule has 186 valence electrons. The first-order valence-electron chi connectivity index (χ1n) is 10.3. The molecule has 1 unspecified atom stereocenters. The number of nitrogens with one attached hydrogen (secondary N) is 1. The van der Waals surface area contributed by atoms with Gasteiger partial charge in [-0.15, -0.1) is 0 Å². The minimum atomic E-state index is -4.80. The van der Waals surface area contributed by atoms with Crippen LogP contribution < -0.4 is 4.72 Å². The van der Waals surface area contributed by atoms with E-state index in [0.29, 0.717) is 17.9 Å². The Kier molecular flexibility index (Phi) is 6.27. The van der Waals surface area contributed by atoms with Gasteiger partial charge in [-0.3, -0.25) is 9.55 Å². The van der Waals surface area contributed by atoms with Gasteiger partial charge >= 0.3 is 6.18 Å². The second-order valence-electron chi connectivity index (χ2n) is 7.91. The van der Waals surface area contributed by atoms with E-state index < -0.39 is 38.8 Å². The molecule has 13 heteroatoms. The van der Waals surface area contributed by atoms with Gasteiger partial charge in [-0.25, -0.2) is 22.2 Å². The number of pyridine rings is 2. The molecule has 1 N–H and O–H groups in total. The number of nitriles is 1. The second kappa shape index (κ2) is 8.96. The fraction of sp³-hybridized carbons (Fsp3) is 0.174. The van der Waals surface area contributed by atoms with E-state index in [0.717, 1.165) is 36.5 Å². The van der Waals surface area contributed by atoms with Crippen LogP contribution >= 0.6 is 0 Å². The monoisotopic (exact) mass is 521 g/mol. The van der Waals surface area contributed by atoms with Gasteiger partial charge in [0.1, 0.15) is 34.3 Å². The van der Waals surface area contributed by atoms with E-state index >= 15 is 0 Å². The van der Waals surface area contributed by atoms with Gasteiger partial charge in [0.15, 0.2) is 0 Å². The summed E-state index contributed by atoms with van der Waals surface area (Å²) in [6.07, 6.45) is -2.52. The van der Waals surface area contributed by atoms with Crippen molar-refractivity contribution in [2.24, 2.45) is 0 Å². The molecular formula is C23H16F5N5O2S. The SMILES string of the molecule is Cc1cnc2c(c1)c(C#N)c(-c1ccc(S(=O)(=O)NC(C)C(F)(F)F)cn1)n2-c1cc(F)ccc1F. The minimum absolute atomic E-state index is 0.00401. The predicted octanol–water partition coefficient (Wildman–Crippen LogP) is 4.77. The molecule has 0 aliphatic rings. The van der Waals surface area contributed by atoms with Gasteiger partial charge in [0.05, 0.1) is 22.6 Å². The fourth-order valence-electron chi connectivity index (χ4n) is 3.56. The lowest BCUT2D eigenvalue weighted by Gasteiger charge is -2.17. The van der Waals surface area contributed by atoms with Gasteiger partial charge in [0.2, 0.25) is 10.0 Å². The topological polar surface area (TPSA) is 101 Å². The lowest BCUT2D eigenvalue weighted by Crippen LogP contribution is -2.42. The minimum Gasteiger partial charge on any atom is -0.288 e. The first-order chi connectivity index (χ1) is 16.8. The third kappa shape index (κ3) is 4.52. The molecule has 0 bridgehead atoms. The molecular weight excluding hydrogens is 505 g/mol. The normalized spacial score (nSPS) is 13.1. The third-order valence-corrected chi connectivity index (χ3v) is 6.84. The highest BCUT2D eigenvalue weighted by atomic mass is 32.2. The zero-order valence-corrected chi connectivity index (χ0v) is 19.4. The van der Waals surface area contributed by atoms with Crippen molar-refractivity contribution in [3.8, 4) is 23.1 Å². The van der Waals surface area contributed by atoms with Crippen LogP contribution in [0.25, 0.3) is 28.1 Å². The number of hydrogen-bond acceptors (Lipinski definition) is 5. The number of halogens is 5. The van der Waals surface area contributed by atoms with E-state index in [1.54, 1.807) is 13.0 Å². The zero-order chi connectivity index (χ0) is 26.4. The Labute approximate surface area is 201 Å². The molecule has 0 aliphatic carbocycles. The van der Waals surface area contributed by atoms with Crippen molar-refractivity contribution < 1.29 is 30.4 Å². The van der Waals surface area contributed by atoms with Crippen LogP contribution in [-0.2, 0) is 10.0 Å². The molecule has 0 saturated carbocycles. The highest BCUT2D eigenvalue weighted by molar-refractivity contribution is 7.89. The zero-order valence-electron chi connectivity index (χ0n) is 18.6. The molecule has 4 rings (SSSR count). The third-order valence-electron chi connectivity index (χ3n) is 5.32. The van der Waals surface area contributed by atoms with E-state index in [2.05, 4.69) is 9.97 Å². The molecule has 3 aromatic heterocycles. The summed E-state index contributed by atoms with van der Waals surface area (Å²) in [6.45, 7) is 2.37. The van der Waals surface area contributed by atoms with Crippen molar-refractivity contribution in [3.05, 3.63) is 71.6 Å². The maximum absolute atomic E-state index is 14.8. The van der Waals surface area contributed by atoms with E-state index in [4.69, 9.17) is 0 Å². The maximum Gasteiger partial charge on any atom is 0.404 e. The van der Waals surface area contributed by atoms with Crippen LogP contribution in [0.15, 0.2) is 53.7 Å². The lowest BCUT2D eigenvalue weighted by molar-refractivity contribution is -0.147. The van der Waals surface area contributed by atoms with Gasteiger partial charge in [-0.1, -0.05) is 0 Å². The molecule has 3 heterocycles. The number of aromatic nitrogens is 3. The average Bonchev–Trinajstić information content (AvgIpc) is 3.13. The summed E-state index contributed by atoms with van der Waals surface area (Å²) in [6, 6.07) is 6.15. The summed E-state index contributed by atoms with van der Waals surface area (Å²) in [5.74, 6) is -1.59. The number of benzene rings is 1. The molecule has 36 heavy (non-hydrogen) atoms. The van der Waals surface area contributed by atoms with Gasteiger partial charge in [0, 0.05) is 23.8 Å². The highest BCUT2D eigenvalue weighted by Gasteiger charge is 2.39. The first-order valence-corrected chi connectivity index (χ1v) is 11.7. The van der Waals surface area contributed by atoms with Crippen LogP contribution in [0.5, 0.6) is 0 Å². The average molecular weight is 521 g/mol. The number of fused-ring (bicyclic) bond motifs is 1. The van der Waals surface area contributed by atoms with Crippen LogP contribution in [0.3, 0.4) is 0 Å². The summed E-state index contributed by atoms with van der Waals surface area (Å²) in [4.78, 5) is 7.75. The molecule has 4 aromatic rings. The number of sulfonamides is 1. The van der Waals surface area contributed by atoms with Crippen LogP contribution in [0.1, 0.15) is 18.1 Å². The highest BCUT2D eigenvalue weighted by Crippen LogP contribution is 2.36. The second-order valence-corrected chi connectivity index (χ2v) is 9.63. The molecule has 0 amide bonds. The van der Waals surface area contributed by atoms with E-state index in [1.807, 2.05) is 6.07 Å². The quantitative estimate of drug-likeness (QED) is 0.381. The van der Waals surface area contributed by atoms with E-state index in [-0.39, 0.29) is 28.3 Å². The number of rotatable bonds is 5. The van der Waals surface area contributed by atoms with Crippen molar-refractivity contribution in [1.82, 2.24) is 19.3 Å². The van der Waals surface area contributed by atoms with Gasteiger partial charge in [-0.2, -0.15) is 23.2 Å². The van der Waals surface area contributed by atoms with Crippen LogP contribution in [-0.4, -0.2) is 35.2 Å². The molecule has 7 nitrogen and oxygen atoms in total. The Balaban J connectivity index is 1.92. The summed E-state index contributed by atoms with van der Waals surface area (Å²) in [7, 11) is -4.59. The molecule has 0 spiro atoms. The molecule has 0 saturated heterocycles. The van der Waals surface area contributed by atoms with Crippen LogP contribution in [0.2, 0.25) is 0 Å². The van der Waals surface area contributed by atoms with Crippen LogP contribution in [0, 0.1) is 29.9 Å². The standard InChI is InChI=1S/C23H16F5N5O2S/c1-12-7-16-17(9-29)21(33(22(16)31-10-12)20-8-14(24)3-5-18(20)25)19-6-4-15(11-30-19)36(34,35)32-13(2)23(26,27)28/h3-8,10-11,13,32H,1-2H3. The van der Waals surface area contributed by atoms with E-state index in [9.17, 15) is 35.6 Å². The number of alkyl halides is 3.